The molecule has 2 rings (SSSR count). The van der Waals surface area contributed by atoms with Gasteiger partial charge in [0.05, 0.1) is 6.10 Å². The number of fused-ring (bicyclic) bond motifs is 1. The molecule has 0 aliphatic rings. The first-order valence-corrected chi connectivity index (χ1v) is 4.95. The molecule has 0 spiro atoms. The summed E-state index contributed by atoms with van der Waals surface area (Å²) in [6.45, 7) is 3.95. The third-order valence-electron chi connectivity index (χ3n) is 2.12. The number of hydrogen-bond acceptors (Lipinski definition) is 2. The number of rotatable bonds is 2. The van der Waals surface area contributed by atoms with E-state index in [0.29, 0.717) is 5.39 Å². The number of hydrogen-bond donors (Lipinski definition) is 1. The molecule has 0 fully saturated rings. The highest BCUT2D eigenvalue weighted by Crippen LogP contribution is 2.18. The zero-order valence-electron chi connectivity index (χ0n) is 8.78. The van der Waals surface area contributed by atoms with E-state index in [-0.39, 0.29) is 11.7 Å². The Hall–Kier alpha value is -1.77. The highest BCUT2D eigenvalue weighted by Gasteiger charge is 2.01. The van der Waals surface area contributed by atoms with Crippen LogP contribution in [0.1, 0.15) is 13.8 Å². The van der Waals surface area contributed by atoms with Gasteiger partial charge < -0.3 is 9.72 Å². The van der Waals surface area contributed by atoms with Crippen molar-refractivity contribution in [3.05, 3.63) is 40.8 Å². The van der Waals surface area contributed by atoms with Crippen molar-refractivity contribution >= 4 is 10.8 Å². The lowest BCUT2D eigenvalue weighted by Gasteiger charge is -2.09. The number of nitrogens with one attached hydrogen (secondary N) is 1. The Morgan fingerprint density at radius 2 is 2.07 bits per heavy atom. The third kappa shape index (κ3) is 2.01. The van der Waals surface area contributed by atoms with Gasteiger partial charge in [0, 0.05) is 11.6 Å². The number of pyridine rings is 1. The first-order valence-electron chi connectivity index (χ1n) is 4.95. The van der Waals surface area contributed by atoms with E-state index in [1.807, 2.05) is 32.0 Å². The van der Waals surface area contributed by atoms with E-state index in [9.17, 15) is 4.79 Å². The van der Waals surface area contributed by atoms with Crippen LogP contribution in [0.15, 0.2) is 35.3 Å². The van der Waals surface area contributed by atoms with Gasteiger partial charge in [-0.3, -0.25) is 4.79 Å². The SMILES string of the molecule is CC(C)Oc1ccc2c(=O)[nH]ccc2c1. The zero-order chi connectivity index (χ0) is 10.8. The van der Waals surface area contributed by atoms with Gasteiger partial charge in [0.25, 0.3) is 5.56 Å². The van der Waals surface area contributed by atoms with Crippen LogP contribution in [0.25, 0.3) is 10.8 Å². The normalized spacial score (nSPS) is 10.9. The molecule has 1 aromatic heterocycles. The largest absolute Gasteiger partial charge is 0.491 e. The van der Waals surface area contributed by atoms with Gasteiger partial charge in [0.2, 0.25) is 0 Å². The highest BCUT2D eigenvalue weighted by molar-refractivity contribution is 5.82. The maximum atomic E-state index is 11.4. The summed E-state index contributed by atoms with van der Waals surface area (Å²) in [5.74, 6) is 0.795. The summed E-state index contributed by atoms with van der Waals surface area (Å²) in [6.07, 6.45) is 1.79. The van der Waals surface area contributed by atoms with Gasteiger partial charge in [-0.15, -0.1) is 0 Å². The number of benzene rings is 1. The van der Waals surface area contributed by atoms with Crippen LogP contribution >= 0.6 is 0 Å². The molecule has 0 saturated heterocycles. The van der Waals surface area contributed by atoms with Gasteiger partial charge in [0.1, 0.15) is 5.75 Å². The average Bonchev–Trinajstić information content (AvgIpc) is 2.17. The summed E-state index contributed by atoms with van der Waals surface area (Å²) in [7, 11) is 0. The summed E-state index contributed by atoms with van der Waals surface area (Å²) in [6, 6.07) is 7.35. The quantitative estimate of drug-likeness (QED) is 0.813. The van der Waals surface area contributed by atoms with Crippen molar-refractivity contribution in [2.75, 3.05) is 0 Å². The number of aromatic nitrogens is 1. The Labute approximate surface area is 87.7 Å². The molecule has 3 heteroatoms. The predicted molar refractivity (Wildman–Crippen MR) is 60.3 cm³/mol. The summed E-state index contributed by atoms with van der Waals surface area (Å²) in [4.78, 5) is 14.1. The number of aromatic amines is 1. The minimum Gasteiger partial charge on any atom is -0.491 e. The van der Waals surface area contributed by atoms with E-state index in [1.54, 1.807) is 12.3 Å². The molecule has 3 nitrogen and oxygen atoms in total. The molecule has 15 heavy (non-hydrogen) atoms. The molecule has 0 atom stereocenters. The monoisotopic (exact) mass is 203 g/mol. The lowest BCUT2D eigenvalue weighted by molar-refractivity contribution is 0.243. The Bertz CT molecular complexity index is 528. The molecule has 0 unspecified atom stereocenters. The molecular formula is C12H13NO2. The van der Waals surface area contributed by atoms with E-state index in [1.165, 1.54) is 0 Å². The van der Waals surface area contributed by atoms with Crippen LogP contribution in [-0.4, -0.2) is 11.1 Å². The van der Waals surface area contributed by atoms with Crippen LogP contribution < -0.4 is 10.3 Å². The fourth-order valence-corrected chi connectivity index (χ4v) is 1.52. The highest BCUT2D eigenvalue weighted by atomic mass is 16.5. The third-order valence-corrected chi connectivity index (χ3v) is 2.12. The van der Waals surface area contributed by atoms with Crippen LogP contribution in [0.3, 0.4) is 0 Å². The maximum absolute atomic E-state index is 11.4. The molecule has 0 bridgehead atoms. The van der Waals surface area contributed by atoms with Crippen molar-refractivity contribution in [1.29, 1.82) is 0 Å². The van der Waals surface area contributed by atoms with E-state index in [0.717, 1.165) is 11.1 Å². The summed E-state index contributed by atoms with van der Waals surface area (Å²) < 4.78 is 5.55. The van der Waals surface area contributed by atoms with Crippen LogP contribution in [0.5, 0.6) is 5.75 Å². The lowest BCUT2D eigenvalue weighted by Crippen LogP contribution is -2.07. The van der Waals surface area contributed by atoms with Gasteiger partial charge in [-0.05, 0) is 43.5 Å². The van der Waals surface area contributed by atoms with Crippen LogP contribution in [0, 0.1) is 0 Å². The first kappa shape index (κ1) is 9.77. The molecule has 0 aliphatic heterocycles. The average molecular weight is 203 g/mol. The van der Waals surface area contributed by atoms with Crippen molar-refractivity contribution in [2.45, 2.75) is 20.0 Å². The fourth-order valence-electron chi connectivity index (χ4n) is 1.52. The fraction of sp³-hybridized carbons (Fsp3) is 0.250. The second-order valence-electron chi connectivity index (χ2n) is 3.72. The van der Waals surface area contributed by atoms with E-state index in [4.69, 9.17) is 4.74 Å². The Morgan fingerprint density at radius 1 is 1.27 bits per heavy atom. The van der Waals surface area contributed by atoms with E-state index in [2.05, 4.69) is 4.98 Å². The summed E-state index contributed by atoms with van der Waals surface area (Å²) in [5.41, 5.74) is -0.0661. The Morgan fingerprint density at radius 3 is 2.80 bits per heavy atom. The summed E-state index contributed by atoms with van der Waals surface area (Å²) >= 11 is 0. The smallest absolute Gasteiger partial charge is 0.255 e. The topological polar surface area (TPSA) is 42.1 Å². The minimum absolute atomic E-state index is 0.0661. The zero-order valence-corrected chi connectivity index (χ0v) is 8.78. The lowest BCUT2D eigenvalue weighted by atomic mass is 10.2. The van der Waals surface area contributed by atoms with E-state index >= 15 is 0 Å². The maximum Gasteiger partial charge on any atom is 0.255 e. The van der Waals surface area contributed by atoms with Gasteiger partial charge in [0.15, 0.2) is 0 Å². The molecular weight excluding hydrogens is 190 g/mol. The summed E-state index contributed by atoms with van der Waals surface area (Å²) in [5, 5.41) is 1.59. The molecule has 0 radical (unpaired) electrons. The first-order chi connectivity index (χ1) is 7.16. The molecule has 1 heterocycles. The van der Waals surface area contributed by atoms with Crippen LogP contribution in [-0.2, 0) is 0 Å². The van der Waals surface area contributed by atoms with Gasteiger partial charge in [-0.25, -0.2) is 0 Å². The van der Waals surface area contributed by atoms with Crippen molar-refractivity contribution < 1.29 is 4.74 Å². The molecule has 1 N–H and O–H groups in total. The molecule has 2 aromatic rings. The predicted octanol–water partition coefficient (Wildman–Crippen LogP) is 2.32. The number of ether oxygens (including phenoxy) is 1. The molecule has 0 saturated carbocycles. The Balaban J connectivity index is 2.52. The van der Waals surface area contributed by atoms with Crippen molar-refractivity contribution in [1.82, 2.24) is 4.98 Å². The van der Waals surface area contributed by atoms with Crippen LogP contribution in [0.4, 0.5) is 0 Å². The molecule has 0 amide bonds. The van der Waals surface area contributed by atoms with Crippen LogP contribution in [0.2, 0.25) is 0 Å². The van der Waals surface area contributed by atoms with Crippen molar-refractivity contribution in [3.63, 3.8) is 0 Å². The van der Waals surface area contributed by atoms with Gasteiger partial charge in [-0.1, -0.05) is 0 Å². The van der Waals surface area contributed by atoms with Gasteiger partial charge >= 0.3 is 0 Å². The standard InChI is InChI=1S/C12H13NO2/c1-8(2)15-10-3-4-11-9(7-10)5-6-13-12(11)14/h3-8H,1-2H3,(H,13,14). The molecule has 1 aromatic carbocycles. The van der Waals surface area contributed by atoms with Gasteiger partial charge in [-0.2, -0.15) is 0 Å². The molecule has 0 aliphatic carbocycles. The van der Waals surface area contributed by atoms with Crippen molar-refractivity contribution in [3.8, 4) is 5.75 Å². The minimum atomic E-state index is -0.0661. The number of H-pyrrole nitrogens is 1. The molecule has 78 valence electrons. The second-order valence-corrected chi connectivity index (χ2v) is 3.72. The Kier molecular flexibility index (Phi) is 2.46. The van der Waals surface area contributed by atoms with E-state index < -0.39 is 0 Å². The van der Waals surface area contributed by atoms with Crippen molar-refractivity contribution in [2.24, 2.45) is 0 Å². The second kappa shape index (κ2) is 3.77.